The van der Waals surface area contributed by atoms with Gasteiger partial charge in [0.1, 0.15) is 0 Å². The molecule has 1 saturated heterocycles. The molecule has 0 saturated carbocycles. The maximum Gasteiger partial charge on any atom is 0.323 e. The fourth-order valence-electron chi connectivity index (χ4n) is 2.74. The van der Waals surface area contributed by atoms with E-state index in [1.807, 2.05) is 35.2 Å². The number of likely N-dealkylation sites (tertiary alicyclic amines) is 1. The molecule has 1 fully saturated rings. The van der Waals surface area contributed by atoms with Gasteiger partial charge in [0.25, 0.3) is 0 Å². The highest BCUT2D eigenvalue weighted by Crippen LogP contribution is 2.29. The van der Waals surface area contributed by atoms with E-state index >= 15 is 0 Å². The molecule has 6 heteroatoms. The molecule has 1 atom stereocenters. The van der Waals surface area contributed by atoms with Crippen molar-refractivity contribution in [3.63, 3.8) is 0 Å². The van der Waals surface area contributed by atoms with Crippen LogP contribution in [0.4, 0.5) is 9.93 Å². The van der Waals surface area contributed by atoms with Gasteiger partial charge in [-0.3, -0.25) is 5.32 Å². The number of anilines is 1. The van der Waals surface area contributed by atoms with E-state index in [0.29, 0.717) is 11.7 Å². The van der Waals surface area contributed by atoms with Crippen molar-refractivity contribution >= 4 is 22.5 Å². The summed E-state index contributed by atoms with van der Waals surface area (Å²) in [5, 5.41) is 3.53. The molecule has 0 bridgehead atoms. The molecule has 0 spiro atoms. The van der Waals surface area contributed by atoms with Crippen LogP contribution in [-0.2, 0) is 0 Å². The van der Waals surface area contributed by atoms with Gasteiger partial charge in [-0.1, -0.05) is 41.7 Å². The van der Waals surface area contributed by atoms with Crippen LogP contribution in [0.15, 0.2) is 36.5 Å². The molecule has 1 aliphatic heterocycles. The predicted octanol–water partition coefficient (Wildman–Crippen LogP) is 3.16. The number of nitrogens with one attached hydrogen (secondary N) is 1. The maximum absolute atomic E-state index is 12.4. The number of nitrogens with two attached hydrogens (primary N) is 1. The van der Waals surface area contributed by atoms with E-state index < -0.39 is 0 Å². The second-order valence-electron chi connectivity index (χ2n) is 5.40. The monoisotopic (exact) mass is 316 g/mol. The number of thiazole rings is 1. The van der Waals surface area contributed by atoms with Gasteiger partial charge in [-0.2, -0.15) is 0 Å². The molecule has 2 amide bonds. The third-order valence-electron chi connectivity index (χ3n) is 3.94. The number of urea groups is 1. The average molecular weight is 316 g/mol. The van der Waals surface area contributed by atoms with E-state index in [1.54, 1.807) is 6.20 Å². The molecule has 1 aliphatic rings. The average Bonchev–Trinajstić information content (AvgIpc) is 3.04. The highest BCUT2D eigenvalue weighted by Gasteiger charge is 2.26. The van der Waals surface area contributed by atoms with Gasteiger partial charge in [-0.05, 0) is 24.8 Å². The van der Waals surface area contributed by atoms with Gasteiger partial charge in [0, 0.05) is 25.3 Å². The Bertz CT molecular complexity index is 628. The first-order valence-corrected chi connectivity index (χ1v) is 8.38. The Morgan fingerprint density at radius 2 is 2.18 bits per heavy atom. The minimum atomic E-state index is -0.0934. The van der Waals surface area contributed by atoms with Gasteiger partial charge >= 0.3 is 6.03 Å². The summed E-state index contributed by atoms with van der Waals surface area (Å²) in [6.45, 7) is 1.28. The summed E-state index contributed by atoms with van der Waals surface area (Å²) < 4.78 is 0. The number of carbonyl (C=O) groups is 1. The molecular formula is C16H20N4OS. The zero-order valence-electron chi connectivity index (χ0n) is 12.4. The molecule has 0 radical (unpaired) electrons. The number of rotatable bonds is 3. The van der Waals surface area contributed by atoms with Crippen molar-refractivity contribution in [3.8, 4) is 10.4 Å². The van der Waals surface area contributed by atoms with Gasteiger partial charge in [0.15, 0.2) is 5.13 Å². The zero-order valence-corrected chi connectivity index (χ0v) is 13.2. The summed E-state index contributed by atoms with van der Waals surface area (Å²) >= 11 is 1.49. The quantitative estimate of drug-likeness (QED) is 0.913. The molecule has 3 rings (SSSR count). The summed E-state index contributed by atoms with van der Waals surface area (Å²) in [6, 6.07) is 10.1. The topological polar surface area (TPSA) is 71.2 Å². The fourth-order valence-corrected chi connectivity index (χ4v) is 3.56. The number of amides is 2. The van der Waals surface area contributed by atoms with Crippen molar-refractivity contribution in [2.75, 3.05) is 18.4 Å². The Labute approximate surface area is 134 Å². The molecule has 5 nitrogen and oxygen atoms in total. The molecule has 116 valence electrons. The van der Waals surface area contributed by atoms with Crippen LogP contribution >= 0.6 is 11.3 Å². The van der Waals surface area contributed by atoms with Crippen molar-refractivity contribution in [2.45, 2.75) is 25.3 Å². The third kappa shape index (κ3) is 3.28. The second kappa shape index (κ2) is 6.89. The van der Waals surface area contributed by atoms with Crippen LogP contribution < -0.4 is 11.1 Å². The summed E-state index contributed by atoms with van der Waals surface area (Å²) in [5.41, 5.74) is 6.88. The Balaban J connectivity index is 1.68. The summed E-state index contributed by atoms with van der Waals surface area (Å²) in [7, 11) is 0. The predicted molar refractivity (Wildman–Crippen MR) is 90.0 cm³/mol. The summed E-state index contributed by atoms with van der Waals surface area (Å²) in [4.78, 5) is 19.6. The van der Waals surface area contributed by atoms with Crippen LogP contribution in [0, 0.1) is 0 Å². The van der Waals surface area contributed by atoms with Crippen LogP contribution in [0.3, 0.4) is 0 Å². The number of piperidine rings is 1. The van der Waals surface area contributed by atoms with Crippen LogP contribution in [0.2, 0.25) is 0 Å². The number of hydrogen-bond acceptors (Lipinski definition) is 4. The highest BCUT2D eigenvalue weighted by atomic mass is 32.1. The van der Waals surface area contributed by atoms with E-state index in [1.165, 1.54) is 11.3 Å². The smallest absolute Gasteiger partial charge is 0.323 e. The van der Waals surface area contributed by atoms with Crippen molar-refractivity contribution < 1.29 is 4.79 Å². The highest BCUT2D eigenvalue weighted by molar-refractivity contribution is 7.19. The Morgan fingerprint density at radius 1 is 1.36 bits per heavy atom. The second-order valence-corrected chi connectivity index (χ2v) is 6.44. The number of carbonyl (C=O) groups excluding carboxylic acids is 1. The fraction of sp³-hybridized carbons (Fsp3) is 0.375. The lowest BCUT2D eigenvalue weighted by Crippen LogP contribution is -2.49. The van der Waals surface area contributed by atoms with Gasteiger partial charge in [0.2, 0.25) is 0 Å². The van der Waals surface area contributed by atoms with E-state index in [2.05, 4.69) is 10.3 Å². The van der Waals surface area contributed by atoms with Crippen molar-refractivity contribution in [1.29, 1.82) is 0 Å². The number of nitrogens with zero attached hydrogens (tertiary/aromatic N) is 2. The Hall–Kier alpha value is -1.92. The van der Waals surface area contributed by atoms with Crippen molar-refractivity contribution in [2.24, 2.45) is 5.73 Å². The van der Waals surface area contributed by atoms with E-state index in [9.17, 15) is 4.79 Å². The number of hydrogen-bond donors (Lipinski definition) is 2. The van der Waals surface area contributed by atoms with Crippen LogP contribution in [-0.4, -0.2) is 35.0 Å². The first-order valence-electron chi connectivity index (χ1n) is 7.57. The first-order chi connectivity index (χ1) is 10.8. The number of aromatic nitrogens is 1. The SMILES string of the molecule is NCC1CCCCN1C(=O)Nc1ncc(-c2ccccc2)s1. The molecule has 2 heterocycles. The van der Waals surface area contributed by atoms with Gasteiger partial charge in [-0.25, -0.2) is 9.78 Å². The van der Waals surface area contributed by atoms with Gasteiger partial charge < -0.3 is 10.6 Å². The minimum Gasteiger partial charge on any atom is -0.328 e. The molecule has 3 N–H and O–H groups in total. The normalized spacial score (nSPS) is 18.2. The zero-order chi connectivity index (χ0) is 15.4. The van der Waals surface area contributed by atoms with Crippen LogP contribution in [0.25, 0.3) is 10.4 Å². The van der Waals surface area contributed by atoms with Gasteiger partial charge in [-0.15, -0.1) is 0 Å². The molecule has 0 aliphatic carbocycles. The lowest BCUT2D eigenvalue weighted by Gasteiger charge is -2.34. The van der Waals surface area contributed by atoms with Crippen LogP contribution in [0.1, 0.15) is 19.3 Å². The molecule has 22 heavy (non-hydrogen) atoms. The van der Waals surface area contributed by atoms with E-state index in [0.717, 1.165) is 36.2 Å². The number of benzene rings is 1. The molecule has 1 aromatic carbocycles. The molecule has 1 unspecified atom stereocenters. The standard InChI is InChI=1S/C16H20N4OS/c17-10-13-8-4-5-9-20(13)16(21)19-15-18-11-14(22-15)12-6-2-1-3-7-12/h1-3,6-7,11,13H,4-5,8-10,17H2,(H,18,19,21). The first kappa shape index (κ1) is 15.0. The molecular weight excluding hydrogens is 296 g/mol. The van der Waals surface area contributed by atoms with Crippen LogP contribution in [0.5, 0.6) is 0 Å². The molecule has 2 aromatic rings. The lowest BCUT2D eigenvalue weighted by atomic mass is 10.0. The largest absolute Gasteiger partial charge is 0.328 e. The Morgan fingerprint density at radius 3 is 2.95 bits per heavy atom. The lowest BCUT2D eigenvalue weighted by molar-refractivity contribution is 0.166. The van der Waals surface area contributed by atoms with E-state index in [-0.39, 0.29) is 12.1 Å². The molecule has 1 aromatic heterocycles. The van der Waals surface area contributed by atoms with E-state index in [4.69, 9.17) is 5.73 Å². The van der Waals surface area contributed by atoms with Gasteiger partial charge in [0.05, 0.1) is 4.88 Å². The minimum absolute atomic E-state index is 0.0934. The maximum atomic E-state index is 12.4. The van der Waals surface area contributed by atoms with Crippen molar-refractivity contribution in [3.05, 3.63) is 36.5 Å². The summed E-state index contributed by atoms with van der Waals surface area (Å²) in [6.07, 6.45) is 4.96. The summed E-state index contributed by atoms with van der Waals surface area (Å²) in [5.74, 6) is 0. The van der Waals surface area contributed by atoms with Crippen molar-refractivity contribution in [1.82, 2.24) is 9.88 Å². The third-order valence-corrected chi connectivity index (χ3v) is 4.90. The Kier molecular flexibility index (Phi) is 4.70.